The molecule has 2 bridgehead atoms. The lowest BCUT2D eigenvalue weighted by Crippen LogP contribution is -2.18. The molecule has 0 aromatic carbocycles. The van der Waals surface area contributed by atoms with Crippen LogP contribution in [0.2, 0.25) is 19.1 Å². The molecule has 5 unspecified atom stereocenters. The van der Waals surface area contributed by atoms with Crippen LogP contribution in [0.25, 0.3) is 0 Å². The van der Waals surface area contributed by atoms with Gasteiger partial charge < -0.3 is 4.74 Å². The molecule has 1 nitrogen and oxygen atoms in total. The zero-order valence-corrected chi connectivity index (χ0v) is 9.86. The van der Waals surface area contributed by atoms with E-state index in [9.17, 15) is 0 Å². The van der Waals surface area contributed by atoms with E-state index in [4.69, 9.17) is 4.74 Å². The second-order valence-corrected chi connectivity index (χ2v) is 9.06. The predicted octanol–water partition coefficient (Wildman–Crippen LogP) is 2.29. The highest BCUT2D eigenvalue weighted by Gasteiger charge is 2.62. The molecule has 5 atom stereocenters. The van der Waals surface area contributed by atoms with Gasteiger partial charge in [0.1, 0.15) is 0 Å². The molecular weight excluding hydrogens is 176 g/mol. The molecule has 1 heterocycles. The van der Waals surface area contributed by atoms with Gasteiger partial charge in [0, 0.05) is 8.80 Å². The highest BCUT2D eigenvalue weighted by atomic mass is 28.3. The quantitative estimate of drug-likeness (QED) is 0.498. The minimum Gasteiger partial charge on any atom is -0.369 e. The molecule has 2 heteroatoms. The van der Waals surface area contributed by atoms with E-state index in [1.807, 2.05) is 0 Å². The Hall–Kier alpha value is 0.177. The fourth-order valence-electron chi connectivity index (χ4n) is 3.61. The molecule has 0 aromatic rings. The molecule has 0 radical (unpaired) electrons. The van der Waals surface area contributed by atoms with Crippen LogP contribution in [0.5, 0.6) is 0 Å². The van der Waals surface area contributed by atoms with Crippen LogP contribution < -0.4 is 0 Å². The Kier molecular flexibility index (Phi) is 1.85. The summed E-state index contributed by atoms with van der Waals surface area (Å²) in [6.45, 7) is 4.95. The predicted molar refractivity (Wildman–Crippen MR) is 56.7 cm³/mol. The molecule has 2 aliphatic carbocycles. The Bertz CT molecular complexity index is 216. The molecule has 0 aromatic heterocycles. The molecule has 2 saturated carbocycles. The van der Waals surface area contributed by atoms with E-state index in [-0.39, 0.29) is 8.80 Å². The SMILES string of the molecule is C[SiH](C)CCC1CC2CC1C1OC21. The first kappa shape index (κ1) is 8.48. The second-order valence-electron chi connectivity index (χ2n) is 5.69. The van der Waals surface area contributed by atoms with Gasteiger partial charge in [-0.1, -0.05) is 25.6 Å². The first-order chi connectivity index (χ1) is 6.25. The van der Waals surface area contributed by atoms with Gasteiger partial charge in [-0.3, -0.25) is 0 Å². The molecule has 1 aliphatic heterocycles. The van der Waals surface area contributed by atoms with Crippen molar-refractivity contribution in [2.24, 2.45) is 17.8 Å². The van der Waals surface area contributed by atoms with Crippen molar-refractivity contribution in [3.63, 3.8) is 0 Å². The molecule has 0 spiro atoms. The Labute approximate surface area is 82.5 Å². The average molecular weight is 196 g/mol. The van der Waals surface area contributed by atoms with Gasteiger partial charge in [0.05, 0.1) is 12.2 Å². The molecule has 1 saturated heterocycles. The minimum atomic E-state index is -0.298. The normalized spacial score (nSPS) is 51.5. The van der Waals surface area contributed by atoms with Crippen LogP contribution in [0, 0.1) is 17.8 Å². The average Bonchev–Trinajstić information content (AvgIpc) is 2.70. The first-order valence-corrected chi connectivity index (χ1v) is 9.03. The molecule has 3 aliphatic rings. The summed E-state index contributed by atoms with van der Waals surface area (Å²) in [6, 6.07) is 1.56. The zero-order chi connectivity index (χ0) is 9.00. The maximum absolute atomic E-state index is 5.69. The van der Waals surface area contributed by atoms with Crippen molar-refractivity contribution in [2.45, 2.75) is 50.6 Å². The summed E-state index contributed by atoms with van der Waals surface area (Å²) in [5.41, 5.74) is 0. The zero-order valence-electron chi connectivity index (χ0n) is 8.70. The van der Waals surface area contributed by atoms with Crippen molar-refractivity contribution in [3.05, 3.63) is 0 Å². The van der Waals surface area contributed by atoms with Crippen LogP contribution >= 0.6 is 0 Å². The van der Waals surface area contributed by atoms with Crippen molar-refractivity contribution in [1.29, 1.82) is 0 Å². The van der Waals surface area contributed by atoms with E-state index in [1.54, 1.807) is 6.04 Å². The first-order valence-electron chi connectivity index (χ1n) is 5.91. The summed E-state index contributed by atoms with van der Waals surface area (Å²) in [4.78, 5) is 0. The van der Waals surface area contributed by atoms with E-state index < -0.39 is 0 Å². The maximum Gasteiger partial charge on any atom is 0.0875 e. The second kappa shape index (κ2) is 2.83. The van der Waals surface area contributed by atoms with Crippen LogP contribution in [-0.2, 0) is 4.74 Å². The Morgan fingerprint density at radius 1 is 1.23 bits per heavy atom. The summed E-state index contributed by atoms with van der Waals surface area (Å²) in [7, 11) is -0.298. The standard InChI is InChI=1S/C11H20OSi/c1-13(2)4-3-7-5-8-6-9(7)11-10(8)12-11/h7-11,13H,3-6H2,1-2H3. The highest BCUT2D eigenvalue weighted by Crippen LogP contribution is 2.59. The summed E-state index contributed by atoms with van der Waals surface area (Å²) in [6.07, 6.45) is 6.01. The molecular formula is C11H20OSi. The maximum atomic E-state index is 5.69. The van der Waals surface area contributed by atoms with E-state index in [2.05, 4.69) is 13.1 Å². The summed E-state index contributed by atoms with van der Waals surface area (Å²) >= 11 is 0. The van der Waals surface area contributed by atoms with Gasteiger partial charge in [-0.05, 0) is 30.6 Å². The molecule has 13 heavy (non-hydrogen) atoms. The van der Waals surface area contributed by atoms with Crippen LogP contribution in [0.15, 0.2) is 0 Å². The van der Waals surface area contributed by atoms with Gasteiger partial charge in [0.2, 0.25) is 0 Å². The number of hydrogen-bond donors (Lipinski definition) is 0. The van der Waals surface area contributed by atoms with E-state index in [1.165, 1.54) is 19.3 Å². The van der Waals surface area contributed by atoms with E-state index >= 15 is 0 Å². The van der Waals surface area contributed by atoms with Gasteiger partial charge in [0.15, 0.2) is 0 Å². The summed E-state index contributed by atoms with van der Waals surface area (Å²) in [5, 5.41) is 0. The van der Waals surface area contributed by atoms with Crippen LogP contribution in [0.4, 0.5) is 0 Å². The van der Waals surface area contributed by atoms with Crippen molar-refractivity contribution in [2.75, 3.05) is 0 Å². The van der Waals surface area contributed by atoms with Gasteiger partial charge in [0.25, 0.3) is 0 Å². The number of hydrogen-bond acceptors (Lipinski definition) is 1. The van der Waals surface area contributed by atoms with Crippen molar-refractivity contribution in [1.82, 2.24) is 0 Å². The largest absolute Gasteiger partial charge is 0.369 e. The van der Waals surface area contributed by atoms with Gasteiger partial charge in [-0.25, -0.2) is 0 Å². The van der Waals surface area contributed by atoms with Gasteiger partial charge >= 0.3 is 0 Å². The number of epoxide rings is 1. The topological polar surface area (TPSA) is 12.5 Å². The Balaban J connectivity index is 1.56. The third kappa shape index (κ3) is 1.30. The summed E-state index contributed by atoms with van der Waals surface area (Å²) < 4.78 is 5.69. The Morgan fingerprint density at radius 3 is 2.69 bits per heavy atom. The monoisotopic (exact) mass is 196 g/mol. The van der Waals surface area contributed by atoms with Crippen molar-refractivity contribution < 1.29 is 4.74 Å². The Morgan fingerprint density at radius 2 is 2.08 bits per heavy atom. The molecule has 0 amide bonds. The number of ether oxygens (including phenoxy) is 1. The van der Waals surface area contributed by atoms with E-state index in [0.29, 0.717) is 0 Å². The van der Waals surface area contributed by atoms with Gasteiger partial charge in [-0.2, -0.15) is 0 Å². The molecule has 74 valence electrons. The molecule has 0 N–H and O–H groups in total. The van der Waals surface area contributed by atoms with Crippen molar-refractivity contribution >= 4 is 8.80 Å². The fraction of sp³-hybridized carbons (Fsp3) is 1.00. The van der Waals surface area contributed by atoms with Gasteiger partial charge in [-0.15, -0.1) is 0 Å². The highest BCUT2D eigenvalue weighted by molar-refractivity contribution is 6.55. The smallest absolute Gasteiger partial charge is 0.0875 e. The third-order valence-electron chi connectivity index (χ3n) is 4.35. The number of rotatable bonds is 3. The van der Waals surface area contributed by atoms with Crippen LogP contribution in [0.3, 0.4) is 0 Å². The lowest BCUT2D eigenvalue weighted by Gasteiger charge is -2.19. The molecule has 3 rings (SSSR count). The van der Waals surface area contributed by atoms with Crippen LogP contribution in [-0.4, -0.2) is 21.0 Å². The summed E-state index contributed by atoms with van der Waals surface area (Å²) in [5.74, 6) is 3.03. The fourth-order valence-corrected chi connectivity index (χ4v) is 4.71. The van der Waals surface area contributed by atoms with E-state index in [0.717, 1.165) is 30.0 Å². The minimum absolute atomic E-state index is 0.298. The molecule has 3 fully saturated rings. The lowest BCUT2D eigenvalue weighted by atomic mass is 9.87. The lowest BCUT2D eigenvalue weighted by molar-refractivity contribution is 0.248. The third-order valence-corrected chi connectivity index (χ3v) is 5.84. The van der Waals surface area contributed by atoms with Crippen LogP contribution in [0.1, 0.15) is 19.3 Å². The number of fused-ring (bicyclic) bond motifs is 5. The van der Waals surface area contributed by atoms with Crippen molar-refractivity contribution in [3.8, 4) is 0 Å².